The van der Waals surface area contributed by atoms with Crippen molar-refractivity contribution in [2.45, 2.75) is 33.8 Å². The average molecular weight is 500 g/mol. The Kier molecular flexibility index (Phi) is 5.26. The van der Waals surface area contributed by atoms with E-state index < -0.39 is 5.76 Å². The summed E-state index contributed by atoms with van der Waals surface area (Å²) in [5.74, 6) is 1.42. The van der Waals surface area contributed by atoms with Crippen molar-refractivity contribution in [3.05, 3.63) is 98.1 Å². The van der Waals surface area contributed by atoms with Gasteiger partial charge in [-0.05, 0) is 60.4 Å². The van der Waals surface area contributed by atoms with Gasteiger partial charge in [-0.15, -0.1) is 0 Å². The number of aryl methyl sites for hydroxylation is 2. The van der Waals surface area contributed by atoms with Gasteiger partial charge in [0.2, 0.25) is 0 Å². The van der Waals surface area contributed by atoms with Crippen LogP contribution >= 0.6 is 11.6 Å². The number of H-pyrrole nitrogens is 1. The second-order valence-corrected chi connectivity index (χ2v) is 9.11. The van der Waals surface area contributed by atoms with Gasteiger partial charge in [-0.1, -0.05) is 41.9 Å². The molecule has 8 nitrogen and oxygen atoms in total. The summed E-state index contributed by atoms with van der Waals surface area (Å²) >= 11 is 6.42. The molecule has 0 saturated carbocycles. The number of halogens is 1. The highest BCUT2D eigenvalue weighted by Gasteiger charge is 2.25. The summed E-state index contributed by atoms with van der Waals surface area (Å²) in [6.45, 7) is 6.39. The maximum atomic E-state index is 11.7. The van der Waals surface area contributed by atoms with E-state index in [4.69, 9.17) is 25.8 Å². The van der Waals surface area contributed by atoms with Gasteiger partial charge in [0.1, 0.15) is 23.7 Å². The average Bonchev–Trinajstić information content (AvgIpc) is 3.44. The summed E-state index contributed by atoms with van der Waals surface area (Å²) in [5.41, 5.74) is 8.00. The van der Waals surface area contributed by atoms with Gasteiger partial charge < -0.3 is 4.74 Å². The second kappa shape index (κ2) is 8.49. The number of nitrogens with zero attached hydrogens (tertiary/aromatic N) is 4. The molecule has 0 unspecified atom stereocenters. The van der Waals surface area contributed by atoms with E-state index in [0.29, 0.717) is 35.0 Å². The van der Waals surface area contributed by atoms with Gasteiger partial charge in [0.25, 0.3) is 0 Å². The molecule has 4 heterocycles. The van der Waals surface area contributed by atoms with Crippen LogP contribution < -0.4 is 10.5 Å². The molecule has 0 atom stereocenters. The van der Waals surface area contributed by atoms with Crippen molar-refractivity contribution in [2.24, 2.45) is 0 Å². The van der Waals surface area contributed by atoms with Crippen LogP contribution in [0.1, 0.15) is 47.8 Å². The Bertz CT molecular complexity index is 1740. The summed E-state index contributed by atoms with van der Waals surface area (Å²) in [5, 5.41) is 4.51. The van der Waals surface area contributed by atoms with Crippen LogP contribution in [-0.2, 0) is 13.0 Å². The SMILES string of the molecule is CCc1nc2c(Cl)ccnc2n1-c1ccc2c(c1)COc1cccc(C)c1/C2=C(/C)c1noc(=O)[nH]1. The van der Waals surface area contributed by atoms with E-state index in [1.54, 1.807) is 12.3 Å². The maximum Gasteiger partial charge on any atom is 0.439 e. The number of fused-ring (bicyclic) bond motifs is 3. The largest absolute Gasteiger partial charge is 0.488 e. The van der Waals surface area contributed by atoms with Crippen LogP contribution in [0.15, 0.2) is 58.0 Å². The van der Waals surface area contributed by atoms with E-state index in [9.17, 15) is 4.79 Å². The second-order valence-electron chi connectivity index (χ2n) is 8.70. The zero-order valence-corrected chi connectivity index (χ0v) is 20.7. The molecule has 2 aromatic carbocycles. The molecule has 6 rings (SSSR count). The lowest BCUT2D eigenvalue weighted by Crippen LogP contribution is -2.04. The van der Waals surface area contributed by atoms with Crippen molar-refractivity contribution in [3.63, 3.8) is 0 Å². The van der Waals surface area contributed by atoms with E-state index in [-0.39, 0.29) is 0 Å². The lowest BCUT2D eigenvalue weighted by Gasteiger charge is -2.16. The van der Waals surface area contributed by atoms with Gasteiger partial charge in [-0.3, -0.25) is 14.1 Å². The van der Waals surface area contributed by atoms with Crippen LogP contribution in [0, 0.1) is 6.92 Å². The molecule has 0 spiro atoms. The minimum atomic E-state index is -0.597. The van der Waals surface area contributed by atoms with E-state index in [2.05, 4.69) is 34.2 Å². The fraction of sp³-hybridized carbons (Fsp3) is 0.185. The first-order valence-electron chi connectivity index (χ1n) is 11.6. The Hall–Kier alpha value is -4.17. The van der Waals surface area contributed by atoms with Crippen molar-refractivity contribution in [1.29, 1.82) is 0 Å². The zero-order valence-electron chi connectivity index (χ0n) is 19.9. The van der Waals surface area contributed by atoms with Crippen molar-refractivity contribution in [1.82, 2.24) is 24.7 Å². The molecule has 3 aromatic heterocycles. The zero-order chi connectivity index (χ0) is 25.0. The highest BCUT2D eigenvalue weighted by atomic mass is 35.5. The number of hydrogen-bond acceptors (Lipinski definition) is 6. The molecule has 0 amide bonds. The molecule has 180 valence electrons. The van der Waals surface area contributed by atoms with Crippen molar-refractivity contribution >= 4 is 33.9 Å². The van der Waals surface area contributed by atoms with Crippen molar-refractivity contribution in [2.75, 3.05) is 0 Å². The van der Waals surface area contributed by atoms with Gasteiger partial charge in [0.15, 0.2) is 11.5 Å². The number of aromatic amines is 1. The minimum absolute atomic E-state index is 0.369. The minimum Gasteiger partial charge on any atom is -0.488 e. The Morgan fingerprint density at radius 3 is 2.86 bits per heavy atom. The number of pyridine rings is 1. The third-order valence-electron chi connectivity index (χ3n) is 6.54. The van der Waals surface area contributed by atoms with E-state index in [1.807, 2.05) is 42.7 Å². The summed E-state index contributed by atoms with van der Waals surface area (Å²) in [7, 11) is 0. The van der Waals surface area contributed by atoms with Crippen molar-refractivity contribution in [3.8, 4) is 11.4 Å². The Labute approximate surface area is 211 Å². The fourth-order valence-electron chi connectivity index (χ4n) is 4.85. The molecule has 5 aromatic rings. The summed E-state index contributed by atoms with van der Waals surface area (Å²) in [6.07, 6.45) is 2.41. The normalized spacial score (nSPS) is 14.2. The Balaban J connectivity index is 1.61. The quantitative estimate of drug-likeness (QED) is 0.352. The van der Waals surface area contributed by atoms with Crippen LogP contribution in [0.2, 0.25) is 5.02 Å². The maximum absolute atomic E-state index is 11.7. The third kappa shape index (κ3) is 3.45. The molecule has 1 aliphatic rings. The predicted octanol–water partition coefficient (Wildman–Crippen LogP) is 5.49. The van der Waals surface area contributed by atoms with E-state index >= 15 is 0 Å². The molecular weight excluding hydrogens is 478 g/mol. The number of ether oxygens (including phenoxy) is 1. The van der Waals surface area contributed by atoms with Crippen LogP contribution in [0.25, 0.3) is 28.0 Å². The molecule has 1 N–H and O–H groups in total. The molecule has 1 aliphatic heterocycles. The number of benzene rings is 2. The molecule has 0 radical (unpaired) electrons. The topological polar surface area (TPSA) is 98.8 Å². The van der Waals surface area contributed by atoms with Crippen LogP contribution in [0.3, 0.4) is 0 Å². The monoisotopic (exact) mass is 499 g/mol. The number of allylic oxidation sites excluding steroid dienone is 1. The van der Waals surface area contributed by atoms with Gasteiger partial charge in [-0.25, -0.2) is 14.8 Å². The first kappa shape index (κ1) is 22.3. The number of imidazole rings is 1. The van der Waals surface area contributed by atoms with Crippen LogP contribution in [0.5, 0.6) is 5.75 Å². The van der Waals surface area contributed by atoms with Gasteiger partial charge >= 0.3 is 5.76 Å². The van der Waals surface area contributed by atoms with E-state index in [1.165, 1.54) is 0 Å². The third-order valence-corrected chi connectivity index (χ3v) is 6.84. The molecule has 0 bridgehead atoms. The number of nitrogens with one attached hydrogen (secondary N) is 1. The summed E-state index contributed by atoms with van der Waals surface area (Å²) in [6, 6.07) is 13.9. The highest BCUT2D eigenvalue weighted by molar-refractivity contribution is 6.34. The number of aromatic nitrogens is 5. The molecular formula is C27H22ClN5O3. The predicted molar refractivity (Wildman–Crippen MR) is 137 cm³/mol. The van der Waals surface area contributed by atoms with Crippen molar-refractivity contribution < 1.29 is 9.26 Å². The molecule has 0 fully saturated rings. The Morgan fingerprint density at radius 2 is 2.08 bits per heavy atom. The van der Waals surface area contributed by atoms with Crippen LogP contribution in [-0.4, -0.2) is 24.7 Å². The first-order chi connectivity index (χ1) is 17.5. The first-order valence-corrected chi connectivity index (χ1v) is 12.0. The van der Waals surface area contributed by atoms with E-state index in [0.717, 1.165) is 50.7 Å². The standard InChI is InChI=1S/C27H22ClN5O3/c1-4-21-30-24-19(28)10-11-29-26(24)33(21)17-8-9-18-16(12-17)13-35-20-7-5-6-14(2)22(20)23(18)15(3)25-31-27(34)36-32-25/h5-12H,4,13H2,1-3H3,(H,31,32,34)/b23-15-. The molecule has 9 heteroatoms. The summed E-state index contributed by atoms with van der Waals surface area (Å²) < 4.78 is 13.1. The molecule has 36 heavy (non-hydrogen) atoms. The molecule has 0 saturated heterocycles. The fourth-order valence-corrected chi connectivity index (χ4v) is 5.03. The number of rotatable bonds is 3. The lowest BCUT2D eigenvalue weighted by atomic mass is 9.88. The Morgan fingerprint density at radius 1 is 1.22 bits per heavy atom. The summed E-state index contributed by atoms with van der Waals surface area (Å²) in [4.78, 5) is 23.7. The van der Waals surface area contributed by atoms with Gasteiger partial charge in [0, 0.05) is 29.4 Å². The van der Waals surface area contributed by atoms with Crippen LogP contribution in [0.4, 0.5) is 0 Å². The highest BCUT2D eigenvalue weighted by Crippen LogP contribution is 2.42. The number of hydrogen-bond donors (Lipinski definition) is 1. The molecule has 0 aliphatic carbocycles. The lowest BCUT2D eigenvalue weighted by molar-refractivity contribution is 0.307. The van der Waals surface area contributed by atoms with Gasteiger partial charge in [0.05, 0.1) is 5.02 Å². The smallest absolute Gasteiger partial charge is 0.439 e. The van der Waals surface area contributed by atoms with Gasteiger partial charge in [-0.2, -0.15) is 0 Å².